The molecule has 0 aliphatic rings. The zero-order valence-corrected chi connectivity index (χ0v) is 7.91. The highest BCUT2D eigenvalue weighted by atomic mass is 19.1. The standard InChI is InChI=1S/C9H10FNO3/c1-6-3-8(14-5-10)4-9(7(6)2)11(12)13/h3-4H,5H2,1-2H3. The molecule has 0 aliphatic heterocycles. The number of halogens is 1. The van der Waals surface area contributed by atoms with E-state index in [0.717, 1.165) is 0 Å². The fourth-order valence-electron chi connectivity index (χ4n) is 1.14. The van der Waals surface area contributed by atoms with Crippen molar-refractivity contribution in [1.29, 1.82) is 0 Å². The lowest BCUT2D eigenvalue weighted by atomic mass is 10.1. The van der Waals surface area contributed by atoms with Crippen LogP contribution in [0.1, 0.15) is 11.1 Å². The lowest BCUT2D eigenvalue weighted by Gasteiger charge is -2.05. The van der Waals surface area contributed by atoms with Gasteiger partial charge in [-0.15, -0.1) is 0 Å². The SMILES string of the molecule is Cc1cc(OCF)cc([N+](=O)[O-])c1C. The summed E-state index contributed by atoms with van der Waals surface area (Å²) in [4.78, 5) is 10.1. The minimum Gasteiger partial charge on any atom is -0.463 e. The molecule has 0 radical (unpaired) electrons. The summed E-state index contributed by atoms with van der Waals surface area (Å²) in [5.74, 6) is 0.183. The summed E-state index contributed by atoms with van der Waals surface area (Å²) in [6.07, 6.45) is 0. The van der Waals surface area contributed by atoms with E-state index >= 15 is 0 Å². The summed E-state index contributed by atoms with van der Waals surface area (Å²) in [5.41, 5.74) is 1.23. The maximum atomic E-state index is 11.9. The molecule has 0 saturated heterocycles. The van der Waals surface area contributed by atoms with E-state index in [1.54, 1.807) is 19.9 Å². The molecule has 0 aliphatic carbocycles. The van der Waals surface area contributed by atoms with Crippen LogP contribution in [0.25, 0.3) is 0 Å². The maximum Gasteiger partial charge on any atom is 0.276 e. The number of benzene rings is 1. The van der Waals surface area contributed by atoms with E-state index in [1.807, 2.05) is 0 Å². The molecule has 0 bridgehead atoms. The van der Waals surface area contributed by atoms with Crippen LogP contribution in [0.3, 0.4) is 0 Å². The maximum absolute atomic E-state index is 11.9. The van der Waals surface area contributed by atoms with Gasteiger partial charge in [-0.1, -0.05) is 0 Å². The van der Waals surface area contributed by atoms with Gasteiger partial charge >= 0.3 is 0 Å². The Balaban J connectivity index is 3.21. The third-order valence-corrected chi connectivity index (χ3v) is 2.03. The fraction of sp³-hybridized carbons (Fsp3) is 0.333. The van der Waals surface area contributed by atoms with E-state index in [0.29, 0.717) is 11.1 Å². The normalized spacial score (nSPS) is 9.93. The predicted octanol–water partition coefficient (Wildman–Crippen LogP) is 2.52. The molecule has 14 heavy (non-hydrogen) atoms. The van der Waals surface area contributed by atoms with Gasteiger partial charge in [-0.3, -0.25) is 10.1 Å². The molecule has 1 rings (SSSR count). The summed E-state index contributed by atoms with van der Waals surface area (Å²) in [6, 6.07) is 2.80. The van der Waals surface area contributed by atoms with Crippen molar-refractivity contribution in [1.82, 2.24) is 0 Å². The average Bonchev–Trinajstić information content (AvgIpc) is 2.11. The van der Waals surface area contributed by atoms with Gasteiger partial charge in [0.25, 0.3) is 5.69 Å². The van der Waals surface area contributed by atoms with E-state index in [2.05, 4.69) is 4.74 Å². The number of nitrogens with zero attached hydrogens (tertiary/aromatic N) is 1. The summed E-state index contributed by atoms with van der Waals surface area (Å²) in [6.45, 7) is 2.37. The van der Waals surface area contributed by atoms with Gasteiger partial charge < -0.3 is 4.74 Å². The van der Waals surface area contributed by atoms with Crippen LogP contribution >= 0.6 is 0 Å². The Morgan fingerprint density at radius 2 is 2.14 bits per heavy atom. The summed E-state index contributed by atoms with van der Waals surface area (Å²) in [7, 11) is 0. The Morgan fingerprint density at radius 1 is 1.50 bits per heavy atom. The molecule has 0 N–H and O–H groups in total. The first kappa shape index (κ1) is 10.4. The van der Waals surface area contributed by atoms with Gasteiger partial charge in [0.15, 0.2) is 0 Å². The van der Waals surface area contributed by atoms with Crippen LogP contribution in [0.2, 0.25) is 0 Å². The Bertz CT molecular complexity index is 365. The Kier molecular flexibility index (Phi) is 3.01. The predicted molar refractivity (Wildman–Crippen MR) is 49.2 cm³/mol. The Morgan fingerprint density at radius 3 is 2.64 bits per heavy atom. The summed E-state index contributed by atoms with van der Waals surface area (Å²) in [5, 5.41) is 10.6. The Labute approximate surface area is 80.5 Å². The second kappa shape index (κ2) is 4.04. The monoisotopic (exact) mass is 199 g/mol. The van der Waals surface area contributed by atoms with Gasteiger partial charge in [0.1, 0.15) is 5.75 Å². The average molecular weight is 199 g/mol. The van der Waals surface area contributed by atoms with Crippen molar-refractivity contribution >= 4 is 5.69 Å². The van der Waals surface area contributed by atoms with Crippen LogP contribution in [0.4, 0.5) is 10.1 Å². The highest BCUT2D eigenvalue weighted by Crippen LogP contribution is 2.27. The van der Waals surface area contributed by atoms with Gasteiger partial charge in [0, 0.05) is 5.56 Å². The number of hydrogen-bond acceptors (Lipinski definition) is 3. The molecule has 4 nitrogen and oxygen atoms in total. The molecule has 0 amide bonds. The molecule has 0 heterocycles. The van der Waals surface area contributed by atoms with Crippen molar-refractivity contribution in [2.24, 2.45) is 0 Å². The molecule has 0 aromatic heterocycles. The number of alkyl halides is 1. The molecule has 0 unspecified atom stereocenters. The zero-order valence-electron chi connectivity index (χ0n) is 7.91. The quantitative estimate of drug-likeness (QED) is 0.555. The third kappa shape index (κ3) is 1.99. The molecular formula is C9H10FNO3. The van der Waals surface area contributed by atoms with Crippen molar-refractivity contribution in [3.05, 3.63) is 33.4 Å². The highest BCUT2D eigenvalue weighted by molar-refractivity contribution is 5.49. The van der Waals surface area contributed by atoms with Crippen LogP contribution in [0.15, 0.2) is 12.1 Å². The molecule has 1 aromatic rings. The Hall–Kier alpha value is -1.65. The van der Waals surface area contributed by atoms with E-state index < -0.39 is 11.8 Å². The topological polar surface area (TPSA) is 52.4 Å². The van der Waals surface area contributed by atoms with Gasteiger partial charge in [0.2, 0.25) is 6.86 Å². The van der Waals surface area contributed by atoms with Crippen LogP contribution in [-0.4, -0.2) is 11.8 Å². The third-order valence-electron chi connectivity index (χ3n) is 2.03. The highest BCUT2D eigenvalue weighted by Gasteiger charge is 2.14. The van der Waals surface area contributed by atoms with Crippen molar-refractivity contribution < 1.29 is 14.1 Å². The van der Waals surface area contributed by atoms with Crippen LogP contribution in [0, 0.1) is 24.0 Å². The fourth-order valence-corrected chi connectivity index (χ4v) is 1.14. The van der Waals surface area contributed by atoms with Crippen molar-refractivity contribution in [2.45, 2.75) is 13.8 Å². The van der Waals surface area contributed by atoms with Crippen LogP contribution in [0.5, 0.6) is 5.75 Å². The van der Waals surface area contributed by atoms with Crippen molar-refractivity contribution in [3.8, 4) is 5.75 Å². The zero-order chi connectivity index (χ0) is 10.7. The number of nitro groups is 1. The van der Waals surface area contributed by atoms with E-state index in [9.17, 15) is 14.5 Å². The summed E-state index contributed by atoms with van der Waals surface area (Å²) < 4.78 is 16.4. The van der Waals surface area contributed by atoms with Crippen LogP contribution < -0.4 is 4.74 Å². The number of ether oxygens (including phenoxy) is 1. The molecule has 0 atom stereocenters. The van der Waals surface area contributed by atoms with E-state index in [-0.39, 0.29) is 11.4 Å². The largest absolute Gasteiger partial charge is 0.463 e. The van der Waals surface area contributed by atoms with Gasteiger partial charge in [-0.2, -0.15) is 0 Å². The second-order valence-corrected chi connectivity index (χ2v) is 2.89. The van der Waals surface area contributed by atoms with Gasteiger partial charge in [-0.05, 0) is 25.5 Å². The van der Waals surface area contributed by atoms with Crippen molar-refractivity contribution in [3.63, 3.8) is 0 Å². The first-order valence-electron chi connectivity index (χ1n) is 4.00. The molecule has 0 spiro atoms. The smallest absolute Gasteiger partial charge is 0.276 e. The number of aryl methyl sites for hydroxylation is 1. The first-order valence-corrected chi connectivity index (χ1v) is 4.00. The van der Waals surface area contributed by atoms with Gasteiger partial charge in [0.05, 0.1) is 11.0 Å². The van der Waals surface area contributed by atoms with Gasteiger partial charge in [-0.25, -0.2) is 4.39 Å². The van der Waals surface area contributed by atoms with E-state index in [4.69, 9.17) is 0 Å². The molecule has 5 heteroatoms. The summed E-state index contributed by atoms with van der Waals surface area (Å²) >= 11 is 0. The second-order valence-electron chi connectivity index (χ2n) is 2.89. The molecular weight excluding hydrogens is 189 g/mol. The van der Waals surface area contributed by atoms with Crippen molar-refractivity contribution in [2.75, 3.05) is 6.86 Å². The number of nitro benzene ring substituents is 1. The van der Waals surface area contributed by atoms with E-state index in [1.165, 1.54) is 6.07 Å². The molecule has 76 valence electrons. The minimum absolute atomic E-state index is 0.0477. The minimum atomic E-state index is -0.986. The number of hydrogen-bond donors (Lipinski definition) is 0. The lowest BCUT2D eigenvalue weighted by molar-refractivity contribution is -0.385. The number of rotatable bonds is 3. The molecule has 0 fully saturated rings. The van der Waals surface area contributed by atoms with Crippen LogP contribution in [-0.2, 0) is 0 Å². The molecule has 0 saturated carbocycles. The molecule has 1 aromatic carbocycles. The first-order chi connectivity index (χ1) is 6.56. The lowest BCUT2D eigenvalue weighted by Crippen LogP contribution is -1.97.